The maximum absolute atomic E-state index is 3.55. The number of likely N-dealkylation sites (tertiary alicyclic amines) is 1. The maximum Gasteiger partial charge on any atom is 0.0236 e. The summed E-state index contributed by atoms with van der Waals surface area (Å²) in [7, 11) is 0. The number of hydrogen-bond donors (Lipinski definition) is 0. The Labute approximate surface area is 126 Å². The number of hydrogen-bond acceptors (Lipinski definition) is 1. The van der Waals surface area contributed by atoms with Gasteiger partial charge in [0.2, 0.25) is 0 Å². The summed E-state index contributed by atoms with van der Waals surface area (Å²) in [6.07, 6.45) is 5.40. The zero-order valence-corrected chi connectivity index (χ0v) is 13.8. The lowest BCUT2D eigenvalue weighted by molar-refractivity contribution is 0.234. The Balaban J connectivity index is 1.92. The average Bonchev–Trinajstić information content (AvgIpc) is 2.84. The first kappa shape index (κ1) is 15.1. The molecule has 0 aromatic heterocycles. The van der Waals surface area contributed by atoms with E-state index in [1.54, 1.807) is 0 Å². The molecule has 0 amide bonds. The largest absolute Gasteiger partial charge is 0.296 e. The quantitative estimate of drug-likeness (QED) is 0.669. The van der Waals surface area contributed by atoms with E-state index in [-0.39, 0.29) is 0 Å². The molecule has 19 heavy (non-hydrogen) atoms. The lowest BCUT2D eigenvalue weighted by atomic mass is 10.0. The minimum Gasteiger partial charge on any atom is -0.296 e. The zero-order chi connectivity index (χ0) is 13.7. The van der Waals surface area contributed by atoms with Gasteiger partial charge in [-0.05, 0) is 49.3 Å². The van der Waals surface area contributed by atoms with Crippen LogP contribution in [0.15, 0.2) is 24.3 Å². The average molecular weight is 324 g/mol. The van der Waals surface area contributed by atoms with Crippen LogP contribution in [0, 0.1) is 0 Å². The molecule has 2 heteroatoms. The van der Waals surface area contributed by atoms with Crippen molar-refractivity contribution in [1.82, 2.24) is 4.90 Å². The molecule has 1 aliphatic heterocycles. The van der Waals surface area contributed by atoms with Crippen LogP contribution in [0.1, 0.15) is 56.6 Å². The summed E-state index contributed by atoms with van der Waals surface area (Å²) in [6, 6.07) is 10.0. The Hall–Kier alpha value is -0.340. The molecule has 1 atom stereocenters. The number of rotatable bonds is 6. The second-order valence-corrected chi connectivity index (χ2v) is 6.79. The van der Waals surface area contributed by atoms with Crippen LogP contribution in [-0.4, -0.2) is 22.8 Å². The molecule has 0 radical (unpaired) electrons. The van der Waals surface area contributed by atoms with Crippen molar-refractivity contribution in [2.75, 3.05) is 11.9 Å². The molecule has 1 fully saturated rings. The summed E-state index contributed by atoms with van der Waals surface area (Å²) in [5, 5.41) is 1.14. The molecule has 0 N–H and O–H groups in total. The molecule has 0 bridgehead atoms. The third kappa shape index (κ3) is 4.32. The molecule has 1 aromatic rings. The summed E-state index contributed by atoms with van der Waals surface area (Å²) in [5.41, 5.74) is 2.91. The van der Waals surface area contributed by atoms with Gasteiger partial charge in [0, 0.05) is 17.9 Å². The lowest BCUT2D eigenvalue weighted by Crippen LogP contribution is -2.28. The lowest BCUT2D eigenvalue weighted by Gasteiger charge is -2.24. The Kier molecular flexibility index (Phi) is 5.90. The minimum atomic E-state index is 0.632. The van der Waals surface area contributed by atoms with Crippen molar-refractivity contribution in [3.8, 4) is 0 Å². The predicted octanol–water partition coefficient (Wildman–Crippen LogP) is 4.95. The summed E-state index contributed by atoms with van der Waals surface area (Å²) in [5.74, 6) is 0.632. The fourth-order valence-corrected chi connectivity index (χ4v) is 3.31. The minimum absolute atomic E-state index is 0.632. The van der Waals surface area contributed by atoms with E-state index < -0.39 is 0 Å². The van der Waals surface area contributed by atoms with Gasteiger partial charge in [0.15, 0.2) is 0 Å². The van der Waals surface area contributed by atoms with Gasteiger partial charge in [-0.3, -0.25) is 4.90 Å². The second-order valence-electron chi connectivity index (χ2n) is 5.99. The third-order valence-corrected chi connectivity index (χ3v) is 4.76. The zero-order valence-electron chi connectivity index (χ0n) is 12.2. The SMILES string of the molecule is CC(C)c1ccc(CN2CCCC2CCCBr)cc1. The van der Waals surface area contributed by atoms with Crippen molar-refractivity contribution in [2.45, 2.75) is 58.0 Å². The van der Waals surface area contributed by atoms with Gasteiger partial charge in [0.05, 0.1) is 0 Å². The number of benzene rings is 1. The van der Waals surface area contributed by atoms with Gasteiger partial charge in [-0.15, -0.1) is 0 Å². The molecule has 1 nitrogen and oxygen atoms in total. The highest BCUT2D eigenvalue weighted by atomic mass is 79.9. The normalized spacial score (nSPS) is 20.3. The molecule has 2 rings (SSSR count). The van der Waals surface area contributed by atoms with Crippen molar-refractivity contribution in [1.29, 1.82) is 0 Å². The summed E-state index contributed by atoms with van der Waals surface area (Å²) in [6.45, 7) is 6.92. The molecule has 0 aliphatic carbocycles. The van der Waals surface area contributed by atoms with Crippen molar-refractivity contribution in [2.24, 2.45) is 0 Å². The Morgan fingerprint density at radius 1 is 1.26 bits per heavy atom. The topological polar surface area (TPSA) is 3.24 Å². The van der Waals surface area contributed by atoms with E-state index >= 15 is 0 Å². The van der Waals surface area contributed by atoms with Crippen LogP contribution in [0.5, 0.6) is 0 Å². The third-order valence-electron chi connectivity index (χ3n) is 4.20. The maximum atomic E-state index is 3.55. The van der Waals surface area contributed by atoms with Crippen LogP contribution in [0.25, 0.3) is 0 Å². The Morgan fingerprint density at radius 2 is 2.00 bits per heavy atom. The standard InChI is InChI=1S/C17H26BrN/c1-14(2)16-9-7-15(8-10-16)13-19-12-4-6-17(19)5-3-11-18/h7-10,14,17H,3-6,11-13H2,1-2H3. The van der Waals surface area contributed by atoms with Gasteiger partial charge in [0.25, 0.3) is 0 Å². The fourth-order valence-electron chi connectivity index (χ4n) is 2.99. The molecular formula is C17H26BrN. The first-order valence-electron chi connectivity index (χ1n) is 7.59. The fraction of sp³-hybridized carbons (Fsp3) is 0.647. The van der Waals surface area contributed by atoms with Crippen LogP contribution in [-0.2, 0) is 6.54 Å². The van der Waals surface area contributed by atoms with Gasteiger partial charge in [-0.25, -0.2) is 0 Å². The molecule has 0 spiro atoms. The molecule has 1 heterocycles. The van der Waals surface area contributed by atoms with E-state index in [1.807, 2.05) is 0 Å². The van der Waals surface area contributed by atoms with E-state index in [0.717, 1.165) is 17.9 Å². The Bertz CT molecular complexity index is 371. The van der Waals surface area contributed by atoms with Crippen LogP contribution >= 0.6 is 15.9 Å². The van der Waals surface area contributed by atoms with Gasteiger partial charge < -0.3 is 0 Å². The summed E-state index contributed by atoms with van der Waals surface area (Å²) in [4.78, 5) is 2.67. The highest BCUT2D eigenvalue weighted by Gasteiger charge is 2.23. The van der Waals surface area contributed by atoms with Crippen LogP contribution in [0.3, 0.4) is 0 Å². The molecule has 1 saturated heterocycles. The van der Waals surface area contributed by atoms with Crippen LogP contribution in [0.2, 0.25) is 0 Å². The van der Waals surface area contributed by atoms with Gasteiger partial charge in [-0.2, -0.15) is 0 Å². The van der Waals surface area contributed by atoms with E-state index in [0.29, 0.717) is 5.92 Å². The Morgan fingerprint density at radius 3 is 2.63 bits per heavy atom. The molecule has 106 valence electrons. The van der Waals surface area contributed by atoms with E-state index in [1.165, 1.54) is 43.4 Å². The van der Waals surface area contributed by atoms with Gasteiger partial charge in [-0.1, -0.05) is 54.0 Å². The molecule has 1 aliphatic rings. The highest BCUT2D eigenvalue weighted by molar-refractivity contribution is 9.09. The van der Waals surface area contributed by atoms with Crippen molar-refractivity contribution in [3.63, 3.8) is 0 Å². The summed E-state index contributed by atoms with van der Waals surface area (Å²) < 4.78 is 0. The first-order valence-corrected chi connectivity index (χ1v) is 8.71. The van der Waals surface area contributed by atoms with E-state index in [4.69, 9.17) is 0 Å². The highest BCUT2D eigenvalue weighted by Crippen LogP contribution is 2.24. The van der Waals surface area contributed by atoms with Gasteiger partial charge >= 0.3 is 0 Å². The number of nitrogens with zero attached hydrogens (tertiary/aromatic N) is 1. The second kappa shape index (κ2) is 7.44. The van der Waals surface area contributed by atoms with E-state index in [9.17, 15) is 0 Å². The number of alkyl halides is 1. The molecule has 0 saturated carbocycles. The molecular weight excluding hydrogens is 298 g/mol. The van der Waals surface area contributed by atoms with Crippen molar-refractivity contribution < 1.29 is 0 Å². The van der Waals surface area contributed by atoms with Crippen molar-refractivity contribution in [3.05, 3.63) is 35.4 Å². The predicted molar refractivity (Wildman–Crippen MR) is 87.0 cm³/mol. The monoisotopic (exact) mass is 323 g/mol. The van der Waals surface area contributed by atoms with E-state index in [2.05, 4.69) is 58.9 Å². The smallest absolute Gasteiger partial charge is 0.0236 e. The van der Waals surface area contributed by atoms with Crippen molar-refractivity contribution >= 4 is 15.9 Å². The molecule has 1 aromatic carbocycles. The van der Waals surface area contributed by atoms with Gasteiger partial charge in [0.1, 0.15) is 0 Å². The van der Waals surface area contributed by atoms with Crippen LogP contribution in [0.4, 0.5) is 0 Å². The van der Waals surface area contributed by atoms with Crippen LogP contribution < -0.4 is 0 Å². The molecule has 1 unspecified atom stereocenters. The summed E-state index contributed by atoms with van der Waals surface area (Å²) >= 11 is 3.55. The first-order chi connectivity index (χ1) is 9.20. The number of halogens is 1.